The van der Waals surface area contributed by atoms with Crippen LogP contribution in [-0.4, -0.2) is 12.6 Å². The Morgan fingerprint density at radius 3 is 2.24 bits per heavy atom. The van der Waals surface area contributed by atoms with E-state index >= 15 is 0 Å². The van der Waals surface area contributed by atoms with Crippen LogP contribution in [0.2, 0.25) is 0 Å². The number of unbranched alkanes of at least 4 members (excludes halogenated alkanes) is 4. The Morgan fingerprint density at radius 2 is 1.59 bits per heavy atom. The van der Waals surface area contributed by atoms with Crippen molar-refractivity contribution in [2.24, 2.45) is 5.92 Å². The lowest BCUT2D eigenvalue weighted by molar-refractivity contribution is 0.335. The van der Waals surface area contributed by atoms with Gasteiger partial charge < -0.3 is 5.32 Å². The molecule has 0 aromatic rings. The molecular weight excluding hydrogens is 206 g/mol. The predicted molar refractivity (Wildman–Crippen MR) is 77.4 cm³/mol. The van der Waals surface area contributed by atoms with Crippen LogP contribution >= 0.6 is 0 Å². The van der Waals surface area contributed by atoms with E-state index in [4.69, 9.17) is 0 Å². The second kappa shape index (κ2) is 9.94. The number of nitrogens with one attached hydrogen (secondary N) is 1. The van der Waals surface area contributed by atoms with Gasteiger partial charge in [0, 0.05) is 6.04 Å². The zero-order valence-corrected chi connectivity index (χ0v) is 12.1. The maximum absolute atomic E-state index is 3.76. The van der Waals surface area contributed by atoms with Gasteiger partial charge in [-0.25, -0.2) is 0 Å². The normalized spacial score (nSPS) is 20.1. The van der Waals surface area contributed by atoms with E-state index < -0.39 is 0 Å². The maximum atomic E-state index is 3.76. The molecule has 1 aliphatic rings. The van der Waals surface area contributed by atoms with E-state index in [1.54, 1.807) is 0 Å². The van der Waals surface area contributed by atoms with Gasteiger partial charge in [0.1, 0.15) is 0 Å². The first-order valence-electron chi connectivity index (χ1n) is 8.08. The van der Waals surface area contributed by atoms with Crippen LogP contribution in [0.25, 0.3) is 0 Å². The second-order valence-corrected chi connectivity index (χ2v) is 5.91. The highest BCUT2D eigenvalue weighted by Crippen LogP contribution is 2.25. The van der Waals surface area contributed by atoms with Crippen LogP contribution in [-0.2, 0) is 0 Å². The summed E-state index contributed by atoms with van der Waals surface area (Å²) in [5.74, 6) is 0.952. The fraction of sp³-hybridized carbons (Fsp3) is 1.00. The van der Waals surface area contributed by atoms with Gasteiger partial charge in [-0.15, -0.1) is 0 Å². The largest absolute Gasteiger partial charge is 0.314 e. The highest BCUT2D eigenvalue weighted by Gasteiger charge is 2.17. The zero-order chi connectivity index (χ0) is 12.3. The lowest BCUT2D eigenvalue weighted by atomic mass is 9.93. The molecule has 1 saturated carbocycles. The summed E-state index contributed by atoms with van der Waals surface area (Å²) < 4.78 is 0. The summed E-state index contributed by atoms with van der Waals surface area (Å²) in [6.07, 6.45) is 15.8. The molecule has 0 heterocycles. The standard InChI is InChI=1S/C16H33N/c1-3-4-5-8-11-14-17-15(2)16-12-9-6-7-10-13-16/h15-17H,3-14H2,1-2H3/t15-/m1/s1. The summed E-state index contributed by atoms with van der Waals surface area (Å²) in [6.45, 7) is 5.93. The van der Waals surface area contributed by atoms with Crippen molar-refractivity contribution in [1.82, 2.24) is 5.32 Å². The van der Waals surface area contributed by atoms with Gasteiger partial charge in [0.15, 0.2) is 0 Å². The molecule has 0 aliphatic heterocycles. The van der Waals surface area contributed by atoms with Crippen LogP contribution in [0.3, 0.4) is 0 Å². The Kier molecular flexibility index (Phi) is 8.78. The minimum absolute atomic E-state index is 0.749. The lowest BCUT2D eigenvalue weighted by Crippen LogP contribution is -2.34. The summed E-state index contributed by atoms with van der Waals surface area (Å²) in [5, 5.41) is 3.76. The molecule has 0 bridgehead atoms. The third kappa shape index (κ3) is 7.08. The third-order valence-electron chi connectivity index (χ3n) is 4.35. The van der Waals surface area contributed by atoms with E-state index in [1.807, 2.05) is 0 Å². The average molecular weight is 239 g/mol. The Labute approximate surface area is 109 Å². The minimum atomic E-state index is 0.749. The molecule has 0 spiro atoms. The molecule has 1 nitrogen and oxygen atoms in total. The molecular formula is C16H33N. The molecule has 1 atom stereocenters. The van der Waals surface area contributed by atoms with Crippen LogP contribution in [0, 0.1) is 5.92 Å². The van der Waals surface area contributed by atoms with Gasteiger partial charge in [-0.05, 0) is 38.6 Å². The summed E-state index contributed by atoms with van der Waals surface area (Å²) in [4.78, 5) is 0. The first-order valence-corrected chi connectivity index (χ1v) is 8.08. The first kappa shape index (κ1) is 15.0. The fourth-order valence-corrected chi connectivity index (χ4v) is 3.04. The summed E-state index contributed by atoms with van der Waals surface area (Å²) in [7, 11) is 0. The van der Waals surface area contributed by atoms with Crippen molar-refractivity contribution in [3.63, 3.8) is 0 Å². The van der Waals surface area contributed by atoms with Crippen molar-refractivity contribution in [2.45, 2.75) is 90.5 Å². The summed E-state index contributed by atoms with van der Waals surface area (Å²) in [5.41, 5.74) is 0. The molecule has 0 amide bonds. The van der Waals surface area contributed by atoms with Crippen molar-refractivity contribution < 1.29 is 0 Å². The summed E-state index contributed by atoms with van der Waals surface area (Å²) >= 11 is 0. The average Bonchev–Trinajstić information content (AvgIpc) is 2.62. The van der Waals surface area contributed by atoms with Crippen molar-refractivity contribution in [3.05, 3.63) is 0 Å². The molecule has 1 N–H and O–H groups in total. The molecule has 0 aromatic heterocycles. The monoisotopic (exact) mass is 239 g/mol. The topological polar surface area (TPSA) is 12.0 Å². The predicted octanol–water partition coefficient (Wildman–Crippen LogP) is 4.91. The summed E-state index contributed by atoms with van der Waals surface area (Å²) in [6, 6.07) is 0.749. The van der Waals surface area contributed by atoms with Crippen LogP contribution in [0.5, 0.6) is 0 Å². The van der Waals surface area contributed by atoms with Crippen molar-refractivity contribution >= 4 is 0 Å². The zero-order valence-electron chi connectivity index (χ0n) is 12.1. The van der Waals surface area contributed by atoms with Crippen molar-refractivity contribution in [1.29, 1.82) is 0 Å². The van der Waals surface area contributed by atoms with Crippen LogP contribution in [0.15, 0.2) is 0 Å². The molecule has 1 fully saturated rings. The third-order valence-corrected chi connectivity index (χ3v) is 4.35. The maximum Gasteiger partial charge on any atom is 0.00669 e. The van der Waals surface area contributed by atoms with E-state index in [2.05, 4.69) is 19.2 Å². The van der Waals surface area contributed by atoms with Gasteiger partial charge in [-0.2, -0.15) is 0 Å². The Balaban J connectivity index is 2.01. The SMILES string of the molecule is CCCCCCCN[C@H](C)C1CCCCCC1. The number of hydrogen-bond donors (Lipinski definition) is 1. The molecule has 1 heteroatoms. The second-order valence-electron chi connectivity index (χ2n) is 5.91. The molecule has 1 aliphatic carbocycles. The molecule has 0 aromatic carbocycles. The highest BCUT2D eigenvalue weighted by molar-refractivity contribution is 4.74. The molecule has 102 valence electrons. The minimum Gasteiger partial charge on any atom is -0.314 e. The van der Waals surface area contributed by atoms with Gasteiger partial charge >= 0.3 is 0 Å². The van der Waals surface area contributed by atoms with Gasteiger partial charge in [0.2, 0.25) is 0 Å². The number of rotatable bonds is 8. The van der Waals surface area contributed by atoms with E-state index in [-0.39, 0.29) is 0 Å². The smallest absolute Gasteiger partial charge is 0.00669 e. The van der Waals surface area contributed by atoms with Gasteiger partial charge in [-0.3, -0.25) is 0 Å². The van der Waals surface area contributed by atoms with Gasteiger partial charge in [-0.1, -0.05) is 58.3 Å². The van der Waals surface area contributed by atoms with E-state index in [1.165, 1.54) is 77.2 Å². The Hall–Kier alpha value is -0.0400. The van der Waals surface area contributed by atoms with Gasteiger partial charge in [0.05, 0.1) is 0 Å². The molecule has 17 heavy (non-hydrogen) atoms. The van der Waals surface area contributed by atoms with Crippen molar-refractivity contribution in [3.8, 4) is 0 Å². The highest BCUT2D eigenvalue weighted by atomic mass is 14.9. The van der Waals surface area contributed by atoms with Crippen LogP contribution in [0.1, 0.15) is 84.5 Å². The molecule has 0 radical (unpaired) electrons. The van der Waals surface area contributed by atoms with Crippen molar-refractivity contribution in [2.75, 3.05) is 6.54 Å². The Bertz CT molecular complexity index is 159. The molecule has 0 saturated heterocycles. The Morgan fingerprint density at radius 1 is 0.941 bits per heavy atom. The van der Waals surface area contributed by atoms with Gasteiger partial charge in [0.25, 0.3) is 0 Å². The van der Waals surface area contributed by atoms with E-state index in [0.717, 1.165) is 12.0 Å². The van der Waals surface area contributed by atoms with E-state index in [9.17, 15) is 0 Å². The first-order chi connectivity index (χ1) is 8.34. The fourth-order valence-electron chi connectivity index (χ4n) is 3.04. The van der Waals surface area contributed by atoms with Crippen LogP contribution < -0.4 is 5.32 Å². The lowest BCUT2D eigenvalue weighted by Gasteiger charge is -2.23. The quantitative estimate of drug-likeness (QED) is 0.469. The molecule has 0 unspecified atom stereocenters. The molecule has 1 rings (SSSR count). The number of hydrogen-bond acceptors (Lipinski definition) is 1. The van der Waals surface area contributed by atoms with E-state index in [0.29, 0.717) is 0 Å². The van der Waals surface area contributed by atoms with Crippen LogP contribution in [0.4, 0.5) is 0 Å².